The van der Waals surface area contributed by atoms with Crippen LogP contribution in [0.3, 0.4) is 0 Å². The molecule has 0 atom stereocenters. The van der Waals surface area contributed by atoms with Crippen molar-refractivity contribution < 1.29 is 0 Å². The fourth-order valence-corrected chi connectivity index (χ4v) is 11.9. The quantitative estimate of drug-likeness (QED) is 0.145. The summed E-state index contributed by atoms with van der Waals surface area (Å²) in [5, 5.41) is 2.47. The molecule has 324 valence electrons. The Bertz CT molecular complexity index is 3840. The number of rotatable bonds is 9. The highest BCUT2D eigenvalue weighted by atomic mass is 32.1. The van der Waals surface area contributed by atoms with E-state index in [1.807, 2.05) is 83.3 Å². The maximum atomic E-state index is 5.22. The molecule has 0 aliphatic carbocycles. The van der Waals surface area contributed by atoms with Crippen molar-refractivity contribution in [1.29, 1.82) is 0 Å². The van der Waals surface area contributed by atoms with Gasteiger partial charge in [-0.15, -0.1) is 22.7 Å². The molecule has 13 aromatic rings. The van der Waals surface area contributed by atoms with E-state index in [1.165, 1.54) is 52.2 Å². The van der Waals surface area contributed by atoms with Crippen LogP contribution in [0.4, 0.5) is 0 Å². The molecule has 0 spiro atoms. The van der Waals surface area contributed by atoms with Gasteiger partial charge in [-0.3, -0.25) is 4.57 Å². The van der Waals surface area contributed by atoms with Gasteiger partial charge < -0.3 is 0 Å². The normalized spacial score (nSPS) is 11.5. The molecule has 69 heavy (non-hydrogen) atoms. The summed E-state index contributed by atoms with van der Waals surface area (Å²) < 4.78 is 4.78. The van der Waals surface area contributed by atoms with Crippen molar-refractivity contribution in [2.45, 2.75) is 0 Å². The van der Waals surface area contributed by atoms with E-state index in [0.29, 0.717) is 17.5 Å². The molecule has 0 fully saturated rings. The van der Waals surface area contributed by atoms with E-state index >= 15 is 0 Å². The summed E-state index contributed by atoms with van der Waals surface area (Å²) in [4.78, 5) is 22.7. The predicted molar refractivity (Wildman–Crippen MR) is 289 cm³/mol. The van der Waals surface area contributed by atoms with Gasteiger partial charge in [0.1, 0.15) is 5.82 Å². The van der Waals surface area contributed by atoms with Crippen LogP contribution in [0.1, 0.15) is 0 Å². The highest BCUT2D eigenvalue weighted by Gasteiger charge is 2.24. The maximum Gasteiger partial charge on any atom is 0.164 e. The van der Waals surface area contributed by atoms with Gasteiger partial charge >= 0.3 is 0 Å². The van der Waals surface area contributed by atoms with Crippen molar-refractivity contribution in [3.8, 4) is 94.4 Å². The summed E-state index contributed by atoms with van der Waals surface area (Å²) in [6.45, 7) is 0. The van der Waals surface area contributed by atoms with Crippen molar-refractivity contribution in [3.63, 3.8) is 0 Å². The molecule has 0 N–H and O–H groups in total. The van der Waals surface area contributed by atoms with Crippen LogP contribution >= 0.6 is 22.7 Å². The third-order valence-electron chi connectivity index (χ3n) is 12.7. The largest absolute Gasteiger partial charge is 0.292 e. The van der Waals surface area contributed by atoms with Gasteiger partial charge in [0.15, 0.2) is 17.5 Å². The second-order valence-electron chi connectivity index (χ2n) is 17.0. The number of hydrogen-bond acceptors (Lipinski definition) is 6. The first kappa shape index (κ1) is 40.6. The molecule has 0 unspecified atom stereocenters. The summed E-state index contributed by atoms with van der Waals surface area (Å²) in [6.07, 6.45) is 0. The molecule has 0 aliphatic rings. The molecular formula is C62H39N5S2. The molecule has 4 heterocycles. The summed E-state index contributed by atoms with van der Waals surface area (Å²) >= 11 is 3.71. The van der Waals surface area contributed by atoms with E-state index in [9.17, 15) is 0 Å². The summed E-state index contributed by atoms with van der Waals surface area (Å²) in [6, 6.07) is 83.3. The Labute approximate surface area is 407 Å². The Morgan fingerprint density at radius 1 is 0.304 bits per heavy atom. The van der Waals surface area contributed by atoms with Gasteiger partial charge in [0.25, 0.3) is 0 Å². The Hall–Kier alpha value is -8.62. The first-order valence-corrected chi connectivity index (χ1v) is 24.6. The van der Waals surface area contributed by atoms with Gasteiger partial charge in [-0.1, -0.05) is 188 Å². The van der Waals surface area contributed by atoms with Crippen LogP contribution in [0.5, 0.6) is 0 Å². The zero-order valence-electron chi connectivity index (χ0n) is 37.1. The predicted octanol–water partition coefficient (Wildman–Crippen LogP) is 17.0. The fourth-order valence-electron chi connectivity index (χ4n) is 9.46. The lowest BCUT2D eigenvalue weighted by atomic mass is 9.93. The summed E-state index contributed by atoms with van der Waals surface area (Å²) in [7, 11) is 0. The Morgan fingerprint density at radius 3 is 1.22 bits per heavy atom. The number of imidazole rings is 1. The van der Waals surface area contributed by atoms with Gasteiger partial charge in [-0.05, 0) is 70.8 Å². The molecule has 5 nitrogen and oxygen atoms in total. The summed E-state index contributed by atoms with van der Waals surface area (Å²) in [5.41, 5.74) is 14.2. The number of nitrogens with zero attached hydrogens (tertiary/aromatic N) is 5. The van der Waals surface area contributed by atoms with Crippen LogP contribution in [-0.4, -0.2) is 24.5 Å². The second-order valence-corrected chi connectivity index (χ2v) is 19.1. The van der Waals surface area contributed by atoms with E-state index in [2.05, 4.69) is 180 Å². The van der Waals surface area contributed by atoms with Crippen LogP contribution in [0.2, 0.25) is 0 Å². The highest BCUT2D eigenvalue weighted by Crippen LogP contribution is 2.52. The van der Waals surface area contributed by atoms with Crippen LogP contribution in [0, 0.1) is 0 Å². The van der Waals surface area contributed by atoms with Crippen molar-refractivity contribution in [2.75, 3.05) is 0 Å². The molecule has 0 aliphatic heterocycles. The van der Waals surface area contributed by atoms with Gasteiger partial charge in [-0.2, -0.15) is 0 Å². The third kappa shape index (κ3) is 7.41. The van der Waals surface area contributed by atoms with Crippen molar-refractivity contribution in [2.24, 2.45) is 0 Å². The average molecular weight is 918 g/mol. The van der Waals surface area contributed by atoms with E-state index in [1.54, 1.807) is 0 Å². The van der Waals surface area contributed by atoms with E-state index < -0.39 is 0 Å². The smallest absolute Gasteiger partial charge is 0.164 e. The number of para-hydroxylation sites is 3. The Morgan fingerprint density at radius 2 is 0.696 bits per heavy atom. The van der Waals surface area contributed by atoms with Crippen molar-refractivity contribution >= 4 is 53.9 Å². The molecule has 0 saturated heterocycles. The lowest BCUT2D eigenvalue weighted by molar-refractivity contribution is 1.07. The molecule has 4 aromatic heterocycles. The van der Waals surface area contributed by atoms with Crippen LogP contribution in [-0.2, 0) is 0 Å². The molecule has 9 aromatic carbocycles. The zero-order chi connectivity index (χ0) is 45.7. The van der Waals surface area contributed by atoms with Gasteiger partial charge in [-0.25, -0.2) is 19.9 Å². The lowest BCUT2D eigenvalue weighted by Crippen LogP contribution is -2.00. The Kier molecular flexibility index (Phi) is 10.1. The summed E-state index contributed by atoms with van der Waals surface area (Å²) in [5.74, 6) is 2.84. The van der Waals surface area contributed by atoms with E-state index in [-0.39, 0.29) is 0 Å². The number of aromatic nitrogens is 5. The van der Waals surface area contributed by atoms with Crippen LogP contribution < -0.4 is 0 Å². The molecule has 0 amide bonds. The lowest BCUT2D eigenvalue weighted by Gasteiger charge is -2.12. The minimum Gasteiger partial charge on any atom is -0.292 e. The maximum absolute atomic E-state index is 5.22. The highest BCUT2D eigenvalue weighted by molar-refractivity contribution is 7.25. The van der Waals surface area contributed by atoms with Crippen molar-refractivity contribution in [1.82, 2.24) is 24.5 Å². The molecule has 0 radical (unpaired) electrons. The van der Waals surface area contributed by atoms with E-state index in [4.69, 9.17) is 19.9 Å². The molecule has 7 heteroatoms. The van der Waals surface area contributed by atoms with Gasteiger partial charge in [0, 0.05) is 69.0 Å². The number of thiophene rings is 2. The van der Waals surface area contributed by atoms with E-state index in [0.717, 1.165) is 55.9 Å². The second kappa shape index (κ2) is 17.2. The molecular weight excluding hydrogens is 879 g/mol. The molecule has 0 bridgehead atoms. The number of fused-ring (bicyclic) bond motifs is 3. The third-order valence-corrected chi connectivity index (χ3v) is 15.1. The first-order chi connectivity index (χ1) is 34.2. The Balaban J connectivity index is 0.988. The fraction of sp³-hybridized carbons (Fsp3) is 0. The monoisotopic (exact) mass is 917 g/mol. The number of hydrogen-bond donors (Lipinski definition) is 0. The molecule has 0 saturated carbocycles. The van der Waals surface area contributed by atoms with Crippen LogP contribution in [0.25, 0.3) is 126 Å². The standard InChI is InChI=1S/C62H39N5S2/c1-6-20-40(21-7-1)55-49-38-53(44-28-18-30-46(36-44)61-65-59(42-24-10-3-11-25-42)64-60(66-61)43-26-12-4-13-27-43)68-57(49)56(41-22-8-2-9-23-41)50-39-54(69-58(50)55)45-29-19-31-47(37-45)62-63-51-34-16-17-35-52(51)67(62)48-32-14-5-15-33-48/h1-39H. The number of benzene rings is 9. The van der Waals surface area contributed by atoms with Crippen LogP contribution in [0.15, 0.2) is 237 Å². The first-order valence-electron chi connectivity index (χ1n) is 23.0. The van der Waals surface area contributed by atoms with Gasteiger partial charge in [0.2, 0.25) is 0 Å². The zero-order valence-corrected chi connectivity index (χ0v) is 38.7. The minimum atomic E-state index is 0.634. The topological polar surface area (TPSA) is 56.5 Å². The molecule has 13 rings (SSSR count). The van der Waals surface area contributed by atoms with Gasteiger partial charge in [0.05, 0.1) is 11.0 Å². The minimum absolute atomic E-state index is 0.634. The SMILES string of the molecule is c1ccc(-c2nc(-c3ccccc3)nc(-c3cccc(-c4cc5c(-c6ccccc6)c6sc(-c7cccc(-c8nc9ccccc9n8-c8ccccc8)c7)cc6c(-c6ccccc6)c5s4)c3)n2)cc1. The average Bonchev–Trinajstić information content (AvgIpc) is 4.18. The van der Waals surface area contributed by atoms with Crippen molar-refractivity contribution in [3.05, 3.63) is 237 Å².